The maximum absolute atomic E-state index is 12.2. The first-order valence-electron chi connectivity index (χ1n) is 7.08. The van der Waals surface area contributed by atoms with Crippen molar-refractivity contribution in [3.8, 4) is 0 Å². The Balaban J connectivity index is 2.11. The molecule has 0 amide bonds. The molecule has 7 heteroatoms. The molecule has 0 unspecified atom stereocenters. The molecule has 0 atom stereocenters. The monoisotopic (exact) mass is 311 g/mol. The highest BCUT2D eigenvalue weighted by Crippen LogP contribution is 2.10. The zero-order valence-electron chi connectivity index (χ0n) is 12.4. The summed E-state index contributed by atoms with van der Waals surface area (Å²) < 4.78 is 29.2. The van der Waals surface area contributed by atoms with Gasteiger partial charge in [-0.2, -0.15) is 0 Å². The van der Waals surface area contributed by atoms with Crippen LogP contribution in [0.3, 0.4) is 0 Å². The number of imidazole rings is 1. The summed E-state index contributed by atoms with van der Waals surface area (Å²) in [5.74, 6) is 0.133. The lowest BCUT2D eigenvalue weighted by atomic mass is 10.3. The van der Waals surface area contributed by atoms with E-state index >= 15 is 0 Å². The lowest BCUT2D eigenvalue weighted by Crippen LogP contribution is -2.32. The number of para-hydroxylation sites is 2. The van der Waals surface area contributed by atoms with E-state index in [4.69, 9.17) is 0 Å². The molecule has 1 aromatic carbocycles. The number of nitrogens with zero attached hydrogens (tertiary/aromatic N) is 2. The van der Waals surface area contributed by atoms with Crippen molar-refractivity contribution in [3.63, 3.8) is 0 Å². The van der Waals surface area contributed by atoms with Gasteiger partial charge in [-0.1, -0.05) is 25.5 Å². The molecule has 1 heterocycles. The van der Waals surface area contributed by atoms with Crippen molar-refractivity contribution in [1.29, 1.82) is 0 Å². The fourth-order valence-electron chi connectivity index (χ4n) is 2.30. The zero-order valence-corrected chi connectivity index (χ0v) is 13.2. The number of hydrogen-bond donors (Lipinski definition) is 1. The van der Waals surface area contributed by atoms with Gasteiger partial charge in [-0.3, -0.25) is 9.13 Å². The Morgan fingerprint density at radius 1 is 1.19 bits per heavy atom. The van der Waals surface area contributed by atoms with E-state index in [9.17, 15) is 13.2 Å². The average molecular weight is 311 g/mol. The fraction of sp³-hybridized carbons (Fsp3) is 0.500. The van der Waals surface area contributed by atoms with Crippen LogP contribution in [-0.2, 0) is 23.6 Å². The van der Waals surface area contributed by atoms with Crippen LogP contribution < -0.4 is 10.4 Å². The van der Waals surface area contributed by atoms with Crippen LogP contribution in [0.25, 0.3) is 11.0 Å². The van der Waals surface area contributed by atoms with Crippen molar-refractivity contribution >= 4 is 21.1 Å². The molecule has 2 rings (SSSR count). The second kappa shape index (κ2) is 6.44. The summed E-state index contributed by atoms with van der Waals surface area (Å²) in [6.07, 6.45) is 1.48. The molecule has 0 fully saturated rings. The predicted molar refractivity (Wildman–Crippen MR) is 83.9 cm³/mol. The molecular weight excluding hydrogens is 290 g/mol. The average Bonchev–Trinajstić information content (AvgIpc) is 2.71. The Morgan fingerprint density at radius 2 is 1.86 bits per heavy atom. The number of rotatable bonds is 7. The number of fused-ring (bicyclic) bond motifs is 1. The molecule has 6 nitrogen and oxygen atoms in total. The Labute approximate surface area is 124 Å². The van der Waals surface area contributed by atoms with Crippen molar-refractivity contribution in [1.82, 2.24) is 13.9 Å². The number of benzene rings is 1. The van der Waals surface area contributed by atoms with E-state index in [1.54, 1.807) is 16.2 Å². The summed E-state index contributed by atoms with van der Waals surface area (Å²) in [6, 6.07) is 7.48. The van der Waals surface area contributed by atoms with Crippen molar-refractivity contribution in [2.45, 2.75) is 26.3 Å². The van der Waals surface area contributed by atoms with Gasteiger partial charge in [-0.15, -0.1) is 0 Å². The van der Waals surface area contributed by atoms with Gasteiger partial charge in [0.15, 0.2) is 0 Å². The molecule has 0 aliphatic carbocycles. The number of unbranched alkanes of at least 4 members (excludes halogenated alkanes) is 1. The van der Waals surface area contributed by atoms with E-state index in [2.05, 4.69) is 4.72 Å². The van der Waals surface area contributed by atoms with Gasteiger partial charge in [0.2, 0.25) is 10.0 Å². The van der Waals surface area contributed by atoms with Gasteiger partial charge in [-0.05, 0) is 18.6 Å². The van der Waals surface area contributed by atoms with Crippen LogP contribution in [0.5, 0.6) is 0 Å². The molecule has 0 spiro atoms. The maximum atomic E-state index is 12.2. The highest BCUT2D eigenvalue weighted by atomic mass is 32.2. The Kier molecular flexibility index (Phi) is 4.84. The third-order valence-corrected chi connectivity index (χ3v) is 4.95. The normalized spacial score (nSPS) is 12.1. The van der Waals surface area contributed by atoms with Gasteiger partial charge in [-0.25, -0.2) is 17.9 Å². The van der Waals surface area contributed by atoms with Crippen LogP contribution in [0.2, 0.25) is 0 Å². The molecule has 0 aliphatic rings. The molecule has 116 valence electrons. The third kappa shape index (κ3) is 3.54. The van der Waals surface area contributed by atoms with E-state index < -0.39 is 10.0 Å². The first kappa shape index (κ1) is 15.8. The van der Waals surface area contributed by atoms with Gasteiger partial charge < -0.3 is 0 Å². The van der Waals surface area contributed by atoms with Crippen LogP contribution >= 0.6 is 0 Å². The third-order valence-electron chi connectivity index (χ3n) is 3.48. The second-order valence-corrected chi connectivity index (χ2v) is 6.98. The molecule has 0 saturated heterocycles. The lowest BCUT2D eigenvalue weighted by Gasteiger charge is -2.07. The van der Waals surface area contributed by atoms with Gasteiger partial charge in [0.25, 0.3) is 0 Å². The van der Waals surface area contributed by atoms with Crippen molar-refractivity contribution in [3.05, 3.63) is 34.7 Å². The summed E-state index contributed by atoms with van der Waals surface area (Å²) in [7, 11) is -1.53. The van der Waals surface area contributed by atoms with Crippen molar-refractivity contribution < 1.29 is 8.42 Å². The summed E-state index contributed by atoms with van der Waals surface area (Å²) >= 11 is 0. The van der Waals surface area contributed by atoms with E-state index in [0.29, 0.717) is 13.0 Å². The molecule has 0 saturated carbocycles. The van der Waals surface area contributed by atoms with E-state index in [1.807, 2.05) is 31.2 Å². The second-order valence-electron chi connectivity index (χ2n) is 5.05. The van der Waals surface area contributed by atoms with Crippen molar-refractivity contribution in [2.24, 2.45) is 7.05 Å². The zero-order chi connectivity index (χ0) is 15.5. The lowest BCUT2D eigenvalue weighted by molar-refractivity contribution is 0.568. The Hall–Kier alpha value is -1.60. The number of aromatic nitrogens is 2. The summed E-state index contributed by atoms with van der Waals surface area (Å²) in [5, 5.41) is 0. The molecule has 0 radical (unpaired) electrons. The largest absolute Gasteiger partial charge is 0.328 e. The first-order chi connectivity index (χ1) is 9.96. The van der Waals surface area contributed by atoms with Crippen LogP contribution in [-0.4, -0.2) is 29.8 Å². The maximum Gasteiger partial charge on any atom is 0.328 e. The topological polar surface area (TPSA) is 73.1 Å². The minimum Gasteiger partial charge on any atom is -0.295 e. The highest BCUT2D eigenvalue weighted by Gasteiger charge is 2.12. The summed E-state index contributed by atoms with van der Waals surface area (Å²) in [4.78, 5) is 12.2. The molecule has 0 bridgehead atoms. The van der Waals surface area contributed by atoms with Crippen molar-refractivity contribution in [2.75, 3.05) is 12.3 Å². The number of nitrogens with one attached hydrogen (secondary N) is 1. The number of hydrogen-bond acceptors (Lipinski definition) is 3. The van der Waals surface area contributed by atoms with Crippen LogP contribution in [0.1, 0.15) is 19.8 Å². The highest BCUT2D eigenvalue weighted by molar-refractivity contribution is 7.89. The Morgan fingerprint density at radius 3 is 2.52 bits per heavy atom. The van der Waals surface area contributed by atoms with E-state index in [-0.39, 0.29) is 18.0 Å². The van der Waals surface area contributed by atoms with E-state index in [0.717, 1.165) is 17.5 Å². The van der Waals surface area contributed by atoms with Gasteiger partial charge in [0.1, 0.15) is 0 Å². The predicted octanol–water partition coefficient (Wildman–Crippen LogP) is 1.06. The summed E-state index contributed by atoms with van der Waals surface area (Å²) in [6.45, 7) is 2.50. The van der Waals surface area contributed by atoms with Gasteiger partial charge in [0.05, 0.1) is 16.8 Å². The molecule has 1 N–H and O–H groups in total. The quantitative estimate of drug-likeness (QED) is 0.831. The fourth-order valence-corrected chi connectivity index (χ4v) is 3.51. The minimum absolute atomic E-state index is 0.133. The molecule has 0 aliphatic heterocycles. The smallest absolute Gasteiger partial charge is 0.295 e. The minimum atomic E-state index is -3.25. The standard InChI is InChI=1S/C14H21N3O3S/c1-3-4-11-21(19,20)15-9-10-17-13-8-6-5-7-12(13)16(2)14(17)18/h5-8,15H,3-4,9-11H2,1-2H3. The molecule has 1 aromatic heterocycles. The van der Waals surface area contributed by atoms with Gasteiger partial charge >= 0.3 is 5.69 Å². The van der Waals surface area contributed by atoms with Crippen LogP contribution in [0, 0.1) is 0 Å². The molecule has 2 aromatic rings. The van der Waals surface area contributed by atoms with Crippen LogP contribution in [0.4, 0.5) is 0 Å². The molecular formula is C14H21N3O3S. The van der Waals surface area contributed by atoms with Gasteiger partial charge in [0, 0.05) is 20.1 Å². The number of sulfonamides is 1. The SMILES string of the molecule is CCCCS(=O)(=O)NCCn1c(=O)n(C)c2ccccc21. The first-order valence-corrected chi connectivity index (χ1v) is 8.73. The molecule has 21 heavy (non-hydrogen) atoms. The van der Waals surface area contributed by atoms with Crippen LogP contribution in [0.15, 0.2) is 29.1 Å². The summed E-state index contributed by atoms with van der Waals surface area (Å²) in [5.41, 5.74) is 1.53. The number of aryl methyl sites for hydroxylation is 1. The Bertz CT molecular complexity index is 774. The van der Waals surface area contributed by atoms with E-state index in [1.165, 1.54) is 0 Å².